The van der Waals surface area contributed by atoms with Crippen molar-refractivity contribution in [2.24, 2.45) is 0 Å². The highest BCUT2D eigenvalue weighted by Crippen LogP contribution is 2.28. The van der Waals surface area contributed by atoms with E-state index in [-0.39, 0.29) is 18.4 Å². The smallest absolute Gasteiger partial charge is 0.220 e. The van der Waals surface area contributed by atoms with Gasteiger partial charge in [0.1, 0.15) is 24.4 Å². The van der Waals surface area contributed by atoms with Crippen LogP contribution >= 0.6 is 23.2 Å². The van der Waals surface area contributed by atoms with E-state index >= 15 is 0 Å². The SMILES string of the molecule is O=C(CCCc1ccc(N(CCCl)CCCl)cc1)N[C@H]1[C@H](OC2CCCCC2)O[C@H](CO)[C@@H](O)[C@@H]1O. The summed E-state index contributed by atoms with van der Waals surface area (Å²) in [5.74, 6) is 0.804. The van der Waals surface area contributed by atoms with Gasteiger partial charge in [-0.2, -0.15) is 0 Å². The molecule has 1 aromatic rings. The molecule has 3 rings (SSSR count). The molecule has 0 spiro atoms. The van der Waals surface area contributed by atoms with Crippen LogP contribution in [0.4, 0.5) is 5.69 Å². The second-order valence-corrected chi connectivity index (χ2v) is 10.3. The van der Waals surface area contributed by atoms with Gasteiger partial charge in [0, 0.05) is 37.0 Å². The Labute approximate surface area is 223 Å². The van der Waals surface area contributed by atoms with Gasteiger partial charge in [0.2, 0.25) is 5.91 Å². The molecular formula is C26H40Cl2N2O6. The number of aliphatic hydroxyl groups is 3. The highest BCUT2D eigenvalue weighted by atomic mass is 35.5. The van der Waals surface area contributed by atoms with Crippen LogP contribution in [0.15, 0.2) is 24.3 Å². The lowest BCUT2D eigenvalue weighted by Gasteiger charge is -2.43. The topological polar surface area (TPSA) is 111 Å². The minimum atomic E-state index is -1.32. The van der Waals surface area contributed by atoms with Crippen LogP contribution in [0.1, 0.15) is 50.5 Å². The minimum absolute atomic E-state index is 0.0299. The predicted octanol–water partition coefficient (Wildman–Crippen LogP) is 2.57. The molecule has 1 aliphatic heterocycles. The lowest BCUT2D eigenvalue weighted by molar-refractivity contribution is -0.283. The van der Waals surface area contributed by atoms with Gasteiger partial charge in [-0.15, -0.1) is 23.2 Å². The average molecular weight is 548 g/mol. The van der Waals surface area contributed by atoms with Gasteiger partial charge >= 0.3 is 0 Å². The Balaban J connectivity index is 1.52. The third kappa shape index (κ3) is 8.45. The number of alkyl halides is 2. The van der Waals surface area contributed by atoms with Crippen LogP contribution in [0.25, 0.3) is 0 Å². The summed E-state index contributed by atoms with van der Waals surface area (Å²) in [4.78, 5) is 14.9. The van der Waals surface area contributed by atoms with Crippen molar-refractivity contribution >= 4 is 34.8 Å². The number of hydrogen-bond acceptors (Lipinski definition) is 7. The second-order valence-electron chi connectivity index (χ2n) is 9.58. The number of hydrogen-bond donors (Lipinski definition) is 4. The number of halogens is 2. The van der Waals surface area contributed by atoms with E-state index in [1.807, 2.05) is 24.3 Å². The molecule has 1 aliphatic carbocycles. The Bertz CT molecular complexity index is 774. The molecule has 8 nitrogen and oxygen atoms in total. The van der Waals surface area contributed by atoms with Gasteiger partial charge in [0.25, 0.3) is 0 Å². The van der Waals surface area contributed by atoms with Crippen LogP contribution in [0, 0.1) is 0 Å². The van der Waals surface area contributed by atoms with E-state index in [2.05, 4.69) is 10.2 Å². The Morgan fingerprint density at radius 3 is 2.33 bits per heavy atom. The van der Waals surface area contributed by atoms with Crippen LogP contribution in [-0.4, -0.2) is 89.4 Å². The monoisotopic (exact) mass is 546 g/mol. The van der Waals surface area contributed by atoms with Gasteiger partial charge in [0.05, 0.1) is 12.7 Å². The predicted molar refractivity (Wildman–Crippen MR) is 141 cm³/mol. The van der Waals surface area contributed by atoms with Gasteiger partial charge in [-0.3, -0.25) is 4.79 Å². The summed E-state index contributed by atoms with van der Waals surface area (Å²) in [7, 11) is 0. The van der Waals surface area contributed by atoms with Crippen LogP contribution in [0.2, 0.25) is 0 Å². The number of rotatable bonds is 13. The molecule has 4 N–H and O–H groups in total. The molecule has 1 saturated heterocycles. The van der Waals surface area contributed by atoms with E-state index in [0.29, 0.717) is 18.2 Å². The first-order valence-corrected chi connectivity index (χ1v) is 14.1. The largest absolute Gasteiger partial charge is 0.394 e. The zero-order valence-electron chi connectivity index (χ0n) is 20.7. The number of aliphatic hydroxyl groups excluding tert-OH is 3. The first-order chi connectivity index (χ1) is 17.5. The third-order valence-corrected chi connectivity index (χ3v) is 7.30. The van der Waals surface area contributed by atoms with Crippen molar-refractivity contribution < 1.29 is 29.6 Å². The fourth-order valence-electron chi connectivity index (χ4n) is 4.90. The van der Waals surface area contributed by atoms with Crippen LogP contribution in [0.5, 0.6) is 0 Å². The van der Waals surface area contributed by atoms with Crippen LogP contribution < -0.4 is 10.2 Å². The highest BCUT2D eigenvalue weighted by molar-refractivity contribution is 6.18. The average Bonchev–Trinajstić information content (AvgIpc) is 2.89. The highest BCUT2D eigenvalue weighted by Gasteiger charge is 2.46. The summed E-state index contributed by atoms with van der Waals surface area (Å²) < 4.78 is 11.9. The molecule has 10 heteroatoms. The number of amides is 1. The Morgan fingerprint density at radius 1 is 1.06 bits per heavy atom. The van der Waals surface area contributed by atoms with Crippen molar-refractivity contribution in [3.05, 3.63) is 29.8 Å². The third-order valence-electron chi connectivity index (χ3n) is 6.97. The maximum atomic E-state index is 12.7. The van der Waals surface area contributed by atoms with Gasteiger partial charge in [-0.25, -0.2) is 0 Å². The zero-order valence-corrected chi connectivity index (χ0v) is 22.2. The summed E-state index contributed by atoms with van der Waals surface area (Å²) in [6.45, 7) is 1.01. The molecule has 2 aliphatic rings. The van der Waals surface area contributed by atoms with Crippen LogP contribution in [0.3, 0.4) is 0 Å². The molecule has 36 heavy (non-hydrogen) atoms. The summed E-state index contributed by atoms with van der Waals surface area (Å²) in [6, 6.07) is 7.25. The van der Waals surface area contributed by atoms with Crippen molar-refractivity contribution in [2.45, 2.75) is 88.1 Å². The van der Waals surface area contributed by atoms with E-state index < -0.39 is 37.3 Å². The Kier molecular flexibility index (Phi) is 12.5. The molecular weight excluding hydrogens is 507 g/mol. The number of anilines is 1. The van der Waals surface area contributed by atoms with Gasteiger partial charge in [-0.05, 0) is 43.4 Å². The lowest BCUT2D eigenvalue weighted by atomic mass is 9.95. The molecule has 0 radical (unpaired) electrons. The van der Waals surface area contributed by atoms with E-state index in [1.165, 1.54) is 0 Å². The summed E-state index contributed by atoms with van der Waals surface area (Å²) >= 11 is 11.8. The quantitative estimate of drug-likeness (QED) is 0.281. The summed E-state index contributed by atoms with van der Waals surface area (Å²) in [5, 5.41) is 33.4. The standard InChI is InChI=1S/C26H40Cl2N2O6/c27-13-15-30(16-14-28)19-11-9-18(10-12-19)5-4-8-22(32)29-23-25(34)24(33)21(17-31)36-26(23)35-20-6-2-1-3-7-20/h9-12,20-21,23-26,31,33-34H,1-8,13-17H2,(H,29,32)/t21-,23-,24-,25-,26-/m1/s1. The number of benzene rings is 1. The number of carbonyl (C=O) groups is 1. The molecule has 1 aromatic carbocycles. The van der Waals surface area contributed by atoms with Gasteiger partial charge in [-0.1, -0.05) is 31.4 Å². The molecule has 5 atom stereocenters. The second kappa shape index (κ2) is 15.3. The Morgan fingerprint density at radius 2 is 1.72 bits per heavy atom. The van der Waals surface area contributed by atoms with Crippen molar-refractivity contribution in [3.8, 4) is 0 Å². The molecule has 1 heterocycles. The molecule has 0 unspecified atom stereocenters. The number of nitrogens with zero attached hydrogens (tertiary/aromatic N) is 1. The molecule has 2 fully saturated rings. The van der Waals surface area contributed by atoms with Crippen molar-refractivity contribution in [1.82, 2.24) is 5.32 Å². The number of carbonyl (C=O) groups excluding carboxylic acids is 1. The zero-order chi connectivity index (χ0) is 25.9. The van der Waals surface area contributed by atoms with E-state index in [4.69, 9.17) is 32.7 Å². The van der Waals surface area contributed by atoms with E-state index in [9.17, 15) is 20.1 Å². The normalized spacial score (nSPS) is 27.1. The minimum Gasteiger partial charge on any atom is -0.394 e. The van der Waals surface area contributed by atoms with Crippen LogP contribution in [-0.2, 0) is 20.7 Å². The maximum absolute atomic E-state index is 12.7. The maximum Gasteiger partial charge on any atom is 0.220 e. The summed E-state index contributed by atoms with van der Waals surface area (Å²) in [5.41, 5.74) is 2.18. The fraction of sp³-hybridized carbons (Fsp3) is 0.731. The summed E-state index contributed by atoms with van der Waals surface area (Å²) in [6.07, 6.45) is 2.11. The van der Waals surface area contributed by atoms with E-state index in [1.54, 1.807) is 0 Å². The van der Waals surface area contributed by atoms with Crippen molar-refractivity contribution in [3.63, 3.8) is 0 Å². The lowest BCUT2D eigenvalue weighted by Crippen LogP contribution is -2.65. The number of nitrogens with one attached hydrogen (secondary N) is 1. The van der Waals surface area contributed by atoms with Crippen molar-refractivity contribution in [1.29, 1.82) is 0 Å². The van der Waals surface area contributed by atoms with E-state index in [0.717, 1.165) is 62.9 Å². The Hall–Kier alpha value is -1.13. The van der Waals surface area contributed by atoms with Crippen molar-refractivity contribution in [2.75, 3.05) is 36.4 Å². The first kappa shape index (κ1) is 29.4. The fourth-order valence-corrected chi connectivity index (χ4v) is 5.31. The van der Waals surface area contributed by atoms with Gasteiger partial charge in [0.15, 0.2) is 6.29 Å². The molecule has 1 amide bonds. The number of aryl methyl sites for hydroxylation is 1. The molecule has 1 saturated carbocycles. The first-order valence-electron chi connectivity index (χ1n) is 13.0. The molecule has 0 aromatic heterocycles. The molecule has 204 valence electrons. The van der Waals surface area contributed by atoms with Gasteiger partial charge < -0.3 is 35.0 Å². The molecule has 0 bridgehead atoms. The number of ether oxygens (including phenoxy) is 2.